The van der Waals surface area contributed by atoms with Gasteiger partial charge in [0.15, 0.2) is 0 Å². The summed E-state index contributed by atoms with van der Waals surface area (Å²) < 4.78 is 1.37. The van der Waals surface area contributed by atoms with Crippen LogP contribution >= 0.6 is 11.3 Å². The lowest BCUT2D eigenvalue weighted by Gasteiger charge is -2.09. The Kier molecular flexibility index (Phi) is 3.29. The Morgan fingerprint density at radius 2 is 2.29 bits per heavy atom. The summed E-state index contributed by atoms with van der Waals surface area (Å²) >= 11 is 1.82. The first-order chi connectivity index (χ1) is 8.43. The van der Waals surface area contributed by atoms with E-state index in [2.05, 4.69) is 40.3 Å². The van der Waals surface area contributed by atoms with Crippen LogP contribution in [0.5, 0.6) is 0 Å². The molecule has 0 radical (unpaired) electrons. The van der Waals surface area contributed by atoms with Crippen LogP contribution in [-0.2, 0) is 0 Å². The number of rotatable bonds is 4. The molecule has 3 heteroatoms. The molecular weight excluding hydrogens is 228 g/mol. The number of hydrogen-bond acceptors (Lipinski definition) is 3. The van der Waals surface area contributed by atoms with Crippen molar-refractivity contribution in [2.45, 2.75) is 12.8 Å². The maximum absolute atomic E-state index is 3.58. The molecule has 2 N–H and O–H groups in total. The van der Waals surface area contributed by atoms with Crippen molar-refractivity contribution in [1.82, 2.24) is 5.32 Å². The third-order valence-electron chi connectivity index (χ3n) is 3.51. The fourth-order valence-corrected chi connectivity index (χ4v) is 3.40. The Balaban J connectivity index is 1.60. The number of hydrogen-bond donors (Lipinski definition) is 2. The number of thiophene rings is 1. The molecule has 1 fully saturated rings. The van der Waals surface area contributed by atoms with E-state index in [0.29, 0.717) is 0 Å². The van der Waals surface area contributed by atoms with Gasteiger partial charge in [-0.2, -0.15) is 0 Å². The predicted molar refractivity (Wildman–Crippen MR) is 75.9 cm³/mol. The summed E-state index contributed by atoms with van der Waals surface area (Å²) in [6.07, 6.45) is 2.61. The molecule has 1 atom stereocenters. The lowest BCUT2D eigenvalue weighted by atomic mass is 10.1. The molecule has 2 aromatic rings. The molecule has 1 saturated heterocycles. The molecule has 2 nitrogen and oxygen atoms in total. The smallest absolute Gasteiger partial charge is 0.0528 e. The molecule has 1 aliphatic heterocycles. The summed E-state index contributed by atoms with van der Waals surface area (Å²) in [5, 5.41) is 10.6. The molecule has 1 aromatic heterocycles. The Morgan fingerprint density at radius 3 is 3.18 bits per heavy atom. The first-order valence-corrected chi connectivity index (χ1v) is 7.22. The van der Waals surface area contributed by atoms with Gasteiger partial charge in [0, 0.05) is 22.0 Å². The first kappa shape index (κ1) is 11.1. The van der Waals surface area contributed by atoms with E-state index in [1.54, 1.807) is 0 Å². The van der Waals surface area contributed by atoms with E-state index in [1.807, 2.05) is 11.3 Å². The number of nitrogens with one attached hydrogen (secondary N) is 2. The maximum atomic E-state index is 3.58. The topological polar surface area (TPSA) is 24.1 Å². The van der Waals surface area contributed by atoms with Gasteiger partial charge in [0.2, 0.25) is 0 Å². The molecule has 0 bridgehead atoms. The quantitative estimate of drug-likeness (QED) is 0.865. The van der Waals surface area contributed by atoms with Gasteiger partial charge in [-0.05, 0) is 37.9 Å². The summed E-state index contributed by atoms with van der Waals surface area (Å²) in [7, 11) is 0. The lowest BCUT2D eigenvalue weighted by molar-refractivity contribution is 0.549. The molecule has 0 saturated carbocycles. The fraction of sp³-hybridized carbons (Fsp3) is 0.429. The average molecular weight is 246 g/mol. The van der Waals surface area contributed by atoms with E-state index >= 15 is 0 Å². The maximum Gasteiger partial charge on any atom is 0.0528 e. The van der Waals surface area contributed by atoms with Crippen LogP contribution in [0.2, 0.25) is 0 Å². The third-order valence-corrected chi connectivity index (χ3v) is 4.47. The first-order valence-electron chi connectivity index (χ1n) is 6.34. The van der Waals surface area contributed by atoms with Crippen molar-refractivity contribution >= 4 is 27.1 Å². The Morgan fingerprint density at radius 1 is 1.35 bits per heavy atom. The zero-order valence-corrected chi connectivity index (χ0v) is 10.7. The minimum Gasteiger partial charge on any atom is -0.384 e. The predicted octanol–water partition coefficient (Wildman–Crippen LogP) is 3.31. The third kappa shape index (κ3) is 2.45. The highest BCUT2D eigenvalue weighted by Gasteiger charge is 2.13. The highest BCUT2D eigenvalue weighted by Crippen LogP contribution is 2.29. The van der Waals surface area contributed by atoms with Crippen LogP contribution in [0.3, 0.4) is 0 Å². The summed E-state index contributed by atoms with van der Waals surface area (Å²) in [6, 6.07) is 8.60. The van der Waals surface area contributed by atoms with Gasteiger partial charge >= 0.3 is 0 Å². The van der Waals surface area contributed by atoms with Gasteiger partial charge in [-0.25, -0.2) is 0 Å². The van der Waals surface area contributed by atoms with Crippen molar-refractivity contribution < 1.29 is 0 Å². The summed E-state index contributed by atoms with van der Waals surface area (Å²) in [4.78, 5) is 0. The highest BCUT2D eigenvalue weighted by molar-refractivity contribution is 7.17. The van der Waals surface area contributed by atoms with Gasteiger partial charge in [-0.15, -0.1) is 11.3 Å². The van der Waals surface area contributed by atoms with E-state index < -0.39 is 0 Å². The molecule has 1 aromatic carbocycles. The van der Waals surface area contributed by atoms with Gasteiger partial charge in [-0.1, -0.05) is 18.2 Å². The standard InChI is InChI=1S/C14H18N2S/c1-2-4-14-12(3-1)13(10-17-14)16-8-6-11-5-7-15-9-11/h1-4,10-11,15-16H,5-9H2. The highest BCUT2D eigenvalue weighted by atomic mass is 32.1. The van der Waals surface area contributed by atoms with Crippen molar-refractivity contribution in [3.8, 4) is 0 Å². The molecule has 1 aliphatic rings. The van der Waals surface area contributed by atoms with Gasteiger partial charge in [-0.3, -0.25) is 0 Å². The van der Waals surface area contributed by atoms with Crippen LogP contribution in [0.15, 0.2) is 29.6 Å². The SMILES string of the molecule is c1ccc2c(NCCC3CCNC3)csc2c1. The molecular formula is C14H18N2S. The van der Waals surface area contributed by atoms with Gasteiger partial charge in [0.25, 0.3) is 0 Å². The normalized spacial score (nSPS) is 19.9. The second-order valence-corrected chi connectivity index (χ2v) is 5.63. The van der Waals surface area contributed by atoms with Crippen molar-refractivity contribution in [3.05, 3.63) is 29.6 Å². The Hall–Kier alpha value is -1.06. The van der Waals surface area contributed by atoms with E-state index in [1.165, 1.54) is 41.7 Å². The van der Waals surface area contributed by atoms with E-state index in [4.69, 9.17) is 0 Å². The zero-order chi connectivity index (χ0) is 11.5. The molecule has 0 aliphatic carbocycles. The monoisotopic (exact) mass is 246 g/mol. The van der Waals surface area contributed by atoms with Crippen molar-refractivity contribution in [2.24, 2.45) is 5.92 Å². The van der Waals surface area contributed by atoms with Crippen LogP contribution < -0.4 is 10.6 Å². The van der Waals surface area contributed by atoms with Crippen molar-refractivity contribution in [2.75, 3.05) is 25.0 Å². The number of benzene rings is 1. The van der Waals surface area contributed by atoms with E-state index in [-0.39, 0.29) is 0 Å². The molecule has 2 heterocycles. The van der Waals surface area contributed by atoms with E-state index in [0.717, 1.165) is 12.5 Å². The summed E-state index contributed by atoms with van der Waals surface area (Å²) in [5.74, 6) is 0.868. The van der Waals surface area contributed by atoms with Gasteiger partial charge in [0.05, 0.1) is 5.69 Å². The van der Waals surface area contributed by atoms with E-state index in [9.17, 15) is 0 Å². The fourth-order valence-electron chi connectivity index (χ4n) is 2.49. The molecule has 0 amide bonds. The van der Waals surface area contributed by atoms with Crippen molar-refractivity contribution in [3.63, 3.8) is 0 Å². The van der Waals surface area contributed by atoms with Crippen LogP contribution in [-0.4, -0.2) is 19.6 Å². The molecule has 1 unspecified atom stereocenters. The van der Waals surface area contributed by atoms with Crippen LogP contribution in [0.1, 0.15) is 12.8 Å². The second-order valence-electron chi connectivity index (χ2n) is 4.72. The lowest BCUT2D eigenvalue weighted by Crippen LogP contribution is -2.12. The molecule has 17 heavy (non-hydrogen) atoms. The molecule has 90 valence electrons. The van der Waals surface area contributed by atoms with Crippen molar-refractivity contribution in [1.29, 1.82) is 0 Å². The second kappa shape index (κ2) is 5.07. The number of fused-ring (bicyclic) bond motifs is 1. The summed E-state index contributed by atoms with van der Waals surface area (Å²) in [6.45, 7) is 3.49. The minimum atomic E-state index is 0.868. The Bertz CT molecular complexity index is 486. The number of anilines is 1. The van der Waals surface area contributed by atoms with Crippen LogP contribution in [0.25, 0.3) is 10.1 Å². The molecule has 3 rings (SSSR count). The van der Waals surface area contributed by atoms with Crippen LogP contribution in [0, 0.1) is 5.92 Å². The zero-order valence-electron chi connectivity index (χ0n) is 9.91. The molecule has 0 spiro atoms. The minimum absolute atomic E-state index is 0.868. The van der Waals surface area contributed by atoms with Crippen LogP contribution in [0.4, 0.5) is 5.69 Å². The van der Waals surface area contributed by atoms with Gasteiger partial charge in [0.1, 0.15) is 0 Å². The Labute approximate surface area is 106 Å². The largest absolute Gasteiger partial charge is 0.384 e. The average Bonchev–Trinajstić information content (AvgIpc) is 2.99. The van der Waals surface area contributed by atoms with Gasteiger partial charge < -0.3 is 10.6 Å². The summed E-state index contributed by atoms with van der Waals surface area (Å²) in [5.41, 5.74) is 1.30.